The van der Waals surface area contributed by atoms with Crippen molar-refractivity contribution in [3.8, 4) is 5.75 Å². The minimum absolute atomic E-state index is 0.176. The summed E-state index contributed by atoms with van der Waals surface area (Å²) in [6.45, 7) is 9.26. The van der Waals surface area contributed by atoms with Gasteiger partial charge < -0.3 is 15.0 Å². The molecule has 2 aromatic carbocycles. The zero-order chi connectivity index (χ0) is 21.6. The number of ether oxygens (including phenoxy) is 1. The second-order valence-electron chi connectivity index (χ2n) is 8.17. The third kappa shape index (κ3) is 7.22. The van der Waals surface area contributed by atoms with Crippen LogP contribution in [0.1, 0.15) is 38.8 Å². The number of carbonyl (C=O) groups is 2. The van der Waals surface area contributed by atoms with Gasteiger partial charge >= 0.3 is 0 Å². The molecule has 2 rings (SSSR count). The van der Waals surface area contributed by atoms with Gasteiger partial charge in [-0.15, -0.1) is 0 Å². The van der Waals surface area contributed by atoms with Crippen LogP contribution < -0.4 is 10.1 Å². The lowest BCUT2D eigenvalue weighted by Crippen LogP contribution is -2.53. The minimum atomic E-state index is -0.714. The van der Waals surface area contributed by atoms with Gasteiger partial charge in [-0.3, -0.25) is 9.59 Å². The van der Waals surface area contributed by atoms with E-state index < -0.39 is 11.6 Å². The lowest BCUT2D eigenvalue weighted by atomic mass is 10.1. The van der Waals surface area contributed by atoms with E-state index in [1.165, 1.54) is 17.0 Å². The maximum atomic E-state index is 13.2. The summed E-state index contributed by atoms with van der Waals surface area (Å²) in [5.74, 6) is -0.361. The number of benzene rings is 2. The fourth-order valence-electron chi connectivity index (χ4n) is 2.71. The number of hydrogen-bond acceptors (Lipinski definition) is 3. The third-order valence-electron chi connectivity index (χ3n) is 4.31. The maximum Gasteiger partial charge on any atom is 0.261 e. The maximum absolute atomic E-state index is 13.2. The number of nitrogens with zero attached hydrogens (tertiary/aromatic N) is 1. The standard InChI is InChI=1S/C23H29FN2O3/c1-16-6-12-20(13-7-16)29-15-21(27)26(14-18-8-10-19(24)11-9-18)17(2)22(28)25-23(3,4)5/h6-13,17H,14-15H2,1-5H3,(H,25,28). The van der Waals surface area contributed by atoms with Crippen molar-refractivity contribution in [2.24, 2.45) is 0 Å². The number of hydrogen-bond donors (Lipinski definition) is 1. The molecule has 1 N–H and O–H groups in total. The number of aryl methyl sites for hydroxylation is 1. The lowest BCUT2D eigenvalue weighted by Gasteiger charge is -2.31. The molecule has 156 valence electrons. The molecular weight excluding hydrogens is 371 g/mol. The van der Waals surface area contributed by atoms with Crippen molar-refractivity contribution in [1.82, 2.24) is 10.2 Å². The summed E-state index contributed by atoms with van der Waals surface area (Å²) in [7, 11) is 0. The topological polar surface area (TPSA) is 58.6 Å². The fraction of sp³-hybridized carbons (Fsp3) is 0.391. The predicted molar refractivity (Wildman–Crippen MR) is 111 cm³/mol. The summed E-state index contributed by atoms with van der Waals surface area (Å²) >= 11 is 0. The van der Waals surface area contributed by atoms with Crippen molar-refractivity contribution in [2.45, 2.75) is 52.7 Å². The van der Waals surface area contributed by atoms with E-state index in [0.717, 1.165) is 11.1 Å². The Morgan fingerprint density at radius 3 is 2.21 bits per heavy atom. The first-order chi connectivity index (χ1) is 13.5. The summed E-state index contributed by atoms with van der Waals surface area (Å²) in [4.78, 5) is 27.0. The smallest absolute Gasteiger partial charge is 0.261 e. The fourth-order valence-corrected chi connectivity index (χ4v) is 2.71. The highest BCUT2D eigenvalue weighted by molar-refractivity contribution is 5.88. The lowest BCUT2D eigenvalue weighted by molar-refractivity contribution is -0.142. The van der Waals surface area contributed by atoms with Gasteiger partial charge in [-0.25, -0.2) is 4.39 Å². The van der Waals surface area contributed by atoms with E-state index in [9.17, 15) is 14.0 Å². The van der Waals surface area contributed by atoms with Crippen molar-refractivity contribution < 1.29 is 18.7 Å². The van der Waals surface area contributed by atoms with Crippen LogP contribution in [0.15, 0.2) is 48.5 Å². The molecule has 0 heterocycles. The molecule has 0 radical (unpaired) electrons. The van der Waals surface area contributed by atoms with Gasteiger partial charge in [-0.2, -0.15) is 0 Å². The molecule has 0 aliphatic rings. The largest absolute Gasteiger partial charge is 0.484 e. The molecule has 0 spiro atoms. The number of halogens is 1. The molecule has 0 fully saturated rings. The normalized spacial score (nSPS) is 12.2. The highest BCUT2D eigenvalue weighted by atomic mass is 19.1. The number of carbonyl (C=O) groups excluding carboxylic acids is 2. The Bertz CT molecular complexity index is 827. The van der Waals surface area contributed by atoms with Gasteiger partial charge in [0.2, 0.25) is 5.91 Å². The van der Waals surface area contributed by atoms with Crippen LogP contribution in [0.4, 0.5) is 4.39 Å². The molecule has 5 nitrogen and oxygen atoms in total. The van der Waals surface area contributed by atoms with E-state index in [2.05, 4.69) is 5.32 Å². The van der Waals surface area contributed by atoms with Crippen molar-refractivity contribution in [3.05, 3.63) is 65.5 Å². The van der Waals surface area contributed by atoms with E-state index in [4.69, 9.17) is 4.74 Å². The van der Waals surface area contributed by atoms with Gasteiger partial charge in [-0.05, 0) is 64.4 Å². The molecule has 6 heteroatoms. The first-order valence-corrected chi connectivity index (χ1v) is 9.60. The van der Waals surface area contributed by atoms with Crippen LogP contribution in [0.5, 0.6) is 5.75 Å². The Kier molecular flexibility index (Phi) is 7.37. The quantitative estimate of drug-likeness (QED) is 0.768. The summed E-state index contributed by atoms with van der Waals surface area (Å²) in [5.41, 5.74) is 1.40. The third-order valence-corrected chi connectivity index (χ3v) is 4.31. The summed E-state index contributed by atoms with van der Waals surface area (Å²) < 4.78 is 18.8. The Labute approximate surface area is 171 Å². The van der Waals surface area contributed by atoms with Crippen LogP contribution >= 0.6 is 0 Å². The van der Waals surface area contributed by atoms with Gasteiger partial charge in [0.15, 0.2) is 6.61 Å². The molecule has 1 unspecified atom stereocenters. The number of nitrogens with one attached hydrogen (secondary N) is 1. The first kappa shape index (κ1) is 22.4. The zero-order valence-corrected chi connectivity index (χ0v) is 17.7. The van der Waals surface area contributed by atoms with Crippen LogP contribution in [-0.2, 0) is 16.1 Å². The Morgan fingerprint density at radius 2 is 1.66 bits per heavy atom. The molecular formula is C23H29FN2O3. The Morgan fingerprint density at radius 1 is 1.07 bits per heavy atom. The average molecular weight is 400 g/mol. The monoisotopic (exact) mass is 400 g/mol. The van der Waals surface area contributed by atoms with Crippen LogP contribution in [0.25, 0.3) is 0 Å². The Hall–Kier alpha value is -2.89. The molecule has 0 aliphatic carbocycles. The second-order valence-corrected chi connectivity index (χ2v) is 8.17. The van der Waals surface area contributed by atoms with Crippen LogP contribution in [0, 0.1) is 12.7 Å². The molecule has 0 bridgehead atoms. The van der Waals surface area contributed by atoms with E-state index in [-0.39, 0.29) is 30.8 Å². The zero-order valence-electron chi connectivity index (χ0n) is 17.7. The van der Waals surface area contributed by atoms with Gasteiger partial charge in [0, 0.05) is 12.1 Å². The molecule has 1 atom stereocenters. The summed E-state index contributed by atoms with van der Waals surface area (Å²) in [6, 6.07) is 12.5. The van der Waals surface area contributed by atoms with Gasteiger partial charge in [0.1, 0.15) is 17.6 Å². The molecule has 0 saturated carbocycles. The second kappa shape index (κ2) is 9.54. The van der Waals surface area contributed by atoms with Crippen molar-refractivity contribution in [1.29, 1.82) is 0 Å². The number of amides is 2. The average Bonchev–Trinajstić information content (AvgIpc) is 2.65. The van der Waals surface area contributed by atoms with Crippen LogP contribution in [-0.4, -0.2) is 34.9 Å². The van der Waals surface area contributed by atoms with E-state index in [1.54, 1.807) is 31.2 Å². The molecule has 0 aromatic heterocycles. The van der Waals surface area contributed by atoms with Gasteiger partial charge in [-0.1, -0.05) is 29.8 Å². The van der Waals surface area contributed by atoms with E-state index >= 15 is 0 Å². The van der Waals surface area contributed by atoms with Crippen LogP contribution in [0.3, 0.4) is 0 Å². The molecule has 29 heavy (non-hydrogen) atoms. The van der Waals surface area contributed by atoms with Crippen molar-refractivity contribution in [3.63, 3.8) is 0 Å². The van der Waals surface area contributed by atoms with E-state index in [0.29, 0.717) is 5.75 Å². The van der Waals surface area contributed by atoms with Crippen molar-refractivity contribution >= 4 is 11.8 Å². The molecule has 0 saturated heterocycles. The predicted octanol–water partition coefficient (Wildman–Crippen LogP) is 3.84. The molecule has 0 aliphatic heterocycles. The molecule has 2 amide bonds. The van der Waals surface area contributed by atoms with Crippen molar-refractivity contribution in [2.75, 3.05) is 6.61 Å². The minimum Gasteiger partial charge on any atom is -0.484 e. The highest BCUT2D eigenvalue weighted by Crippen LogP contribution is 2.15. The summed E-state index contributed by atoms with van der Waals surface area (Å²) in [5, 5.41) is 2.90. The van der Waals surface area contributed by atoms with Crippen LogP contribution in [0.2, 0.25) is 0 Å². The first-order valence-electron chi connectivity index (χ1n) is 9.60. The van der Waals surface area contributed by atoms with Gasteiger partial charge in [0.25, 0.3) is 5.91 Å². The highest BCUT2D eigenvalue weighted by Gasteiger charge is 2.28. The summed E-state index contributed by atoms with van der Waals surface area (Å²) in [6.07, 6.45) is 0. The Balaban J connectivity index is 2.15. The van der Waals surface area contributed by atoms with Gasteiger partial charge in [0.05, 0.1) is 0 Å². The molecule has 2 aromatic rings. The SMILES string of the molecule is Cc1ccc(OCC(=O)N(Cc2ccc(F)cc2)C(C)C(=O)NC(C)(C)C)cc1. The number of rotatable bonds is 7. The van der Waals surface area contributed by atoms with E-state index in [1.807, 2.05) is 39.8 Å².